The molecule has 2 aliphatic heterocycles. The van der Waals surface area contributed by atoms with Crippen molar-refractivity contribution in [3.63, 3.8) is 0 Å². The van der Waals surface area contributed by atoms with Gasteiger partial charge in [-0.2, -0.15) is 0 Å². The first kappa shape index (κ1) is 14.9. The lowest BCUT2D eigenvalue weighted by molar-refractivity contribution is -0.136. The second-order valence-electron chi connectivity index (χ2n) is 5.18. The molecule has 0 bridgehead atoms. The number of rotatable bonds is 1. The molecule has 3 rings (SSSR count). The van der Waals surface area contributed by atoms with Gasteiger partial charge in [0.25, 0.3) is 11.8 Å². The minimum Gasteiger partial charge on any atom is -0.320 e. The molecule has 7 nitrogen and oxygen atoms in total. The molecule has 1 unspecified atom stereocenters. The molecule has 1 aromatic rings. The zero-order valence-corrected chi connectivity index (χ0v) is 12.1. The largest absolute Gasteiger partial charge is 0.320 e. The number of nitrogens with zero attached hydrogens (tertiary/aromatic N) is 1. The van der Waals surface area contributed by atoms with Crippen LogP contribution in [0, 0.1) is 11.8 Å². The van der Waals surface area contributed by atoms with Crippen LogP contribution in [0.4, 0.5) is 0 Å². The van der Waals surface area contributed by atoms with Crippen LogP contribution < -0.4 is 11.1 Å². The first-order valence-corrected chi connectivity index (χ1v) is 7.08. The molecule has 0 radical (unpaired) electrons. The van der Waals surface area contributed by atoms with Gasteiger partial charge in [0, 0.05) is 12.0 Å². The van der Waals surface area contributed by atoms with Crippen molar-refractivity contribution in [1.29, 1.82) is 0 Å². The van der Waals surface area contributed by atoms with Crippen LogP contribution in [-0.2, 0) is 9.59 Å². The average Bonchev–Trinajstić information content (AvgIpc) is 2.78. The Hall–Kier alpha value is -2.98. The highest BCUT2D eigenvalue weighted by atomic mass is 16.2. The Morgan fingerprint density at radius 3 is 2.70 bits per heavy atom. The molecule has 3 N–H and O–H groups in total. The highest BCUT2D eigenvalue weighted by molar-refractivity contribution is 6.24. The van der Waals surface area contributed by atoms with Crippen molar-refractivity contribution in [3.8, 4) is 11.8 Å². The SMILES string of the molecule is NCC#Cc1cccc2c1C(=O)N(C1CCC(=O)NC1=O)C2=O. The first-order valence-electron chi connectivity index (χ1n) is 7.08. The van der Waals surface area contributed by atoms with E-state index in [1.807, 2.05) is 0 Å². The van der Waals surface area contributed by atoms with E-state index >= 15 is 0 Å². The van der Waals surface area contributed by atoms with E-state index in [1.165, 1.54) is 6.07 Å². The molecule has 1 fully saturated rings. The monoisotopic (exact) mass is 311 g/mol. The standard InChI is InChI=1S/C16H13N3O4/c17-8-2-4-9-3-1-5-10-13(9)16(23)19(15(10)22)11-6-7-12(20)18-14(11)21/h1,3,5,11H,6-8,17H2,(H,18,20,21). The van der Waals surface area contributed by atoms with Gasteiger partial charge in [-0.3, -0.25) is 29.4 Å². The van der Waals surface area contributed by atoms with Crippen molar-refractivity contribution in [2.24, 2.45) is 5.73 Å². The number of hydrogen-bond acceptors (Lipinski definition) is 5. The van der Waals surface area contributed by atoms with Gasteiger partial charge >= 0.3 is 0 Å². The molecule has 23 heavy (non-hydrogen) atoms. The summed E-state index contributed by atoms with van der Waals surface area (Å²) in [5, 5.41) is 2.15. The lowest BCUT2D eigenvalue weighted by Crippen LogP contribution is -2.54. The van der Waals surface area contributed by atoms with E-state index < -0.39 is 29.7 Å². The summed E-state index contributed by atoms with van der Waals surface area (Å²) in [6.07, 6.45) is 0.212. The Bertz CT molecular complexity index is 803. The number of imide groups is 2. The van der Waals surface area contributed by atoms with Crippen LogP contribution in [0.25, 0.3) is 0 Å². The summed E-state index contributed by atoms with van der Waals surface area (Å²) in [5.41, 5.74) is 6.14. The number of amides is 4. The van der Waals surface area contributed by atoms with Crippen LogP contribution in [0.1, 0.15) is 39.1 Å². The minimum absolute atomic E-state index is 0.0870. The van der Waals surface area contributed by atoms with Crippen molar-refractivity contribution >= 4 is 23.6 Å². The maximum absolute atomic E-state index is 12.7. The second-order valence-corrected chi connectivity index (χ2v) is 5.18. The van der Waals surface area contributed by atoms with Crippen LogP contribution in [0.15, 0.2) is 18.2 Å². The number of benzene rings is 1. The number of carbonyl (C=O) groups is 4. The fraction of sp³-hybridized carbons (Fsp3) is 0.250. The summed E-state index contributed by atoms with van der Waals surface area (Å²) in [6, 6.07) is 3.80. The zero-order valence-electron chi connectivity index (χ0n) is 12.1. The van der Waals surface area contributed by atoms with Gasteiger partial charge in [0.1, 0.15) is 6.04 Å². The molecule has 0 spiro atoms. The molecule has 116 valence electrons. The van der Waals surface area contributed by atoms with Gasteiger partial charge in [-0.05, 0) is 18.6 Å². The molecular formula is C16H13N3O4. The van der Waals surface area contributed by atoms with E-state index in [9.17, 15) is 19.2 Å². The summed E-state index contributed by atoms with van der Waals surface area (Å²) in [4.78, 5) is 49.3. The molecular weight excluding hydrogens is 298 g/mol. The topological polar surface area (TPSA) is 110 Å². The number of piperidine rings is 1. The maximum Gasteiger partial charge on any atom is 0.263 e. The fourth-order valence-electron chi connectivity index (χ4n) is 2.77. The van der Waals surface area contributed by atoms with Crippen molar-refractivity contribution in [2.75, 3.05) is 6.54 Å². The zero-order chi connectivity index (χ0) is 16.6. The van der Waals surface area contributed by atoms with Crippen molar-refractivity contribution < 1.29 is 19.2 Å². The predicted octanol–water partition coefficient (Wildman–Crippen LogP) is -0.602. The van der Waals surface area contributed by atoms with Gasteiger partial charge in [-0.25, -0.2) is 0 Å². The molecule has 1 atom stereocenters. The quantitative estimate of drug-likeness (QED) is 0.531. The molecule has 0 saturated carbocycles. The van der Waals surface area contributed by atoms with Gasteiger partial charge in [0.05, 0.1) is 17.7 Å². The highest BCUT2D eigenvalue weighted by Gasteiger charge is 2.45. The number of nitrogens with two attached hydrogens (primary N) is 1. The van der Waals surface area contributed by atoms with E-state index in [4.69, 9.17) is 5.73 Å². The van der Waals surface area contributed by atoms with Crippen LogP contribution in [-0.4, -0.2) is 41.1 Å². The van der Waals surface area contributed by atoms with Crippen LogP contribution in [0.5, 0.6) is 0 Å². The van der Waals surface area contributed by atoms with Crippen molar-refractivity contribution in [2.45, 2.75) is 18.9 Å². The summed E-state index contributed by atoms with van der Waals surface area (Å²) in [5.74, 6) is 3.27. The summed E-state index contributed by atoms with van der Waals surface area (Å²) < 4.78 is 0. The van der Waals surface area contributed by atoms with Gasteiger partial charge in [0.15, 0.2) is 0 Å². The molecule has 0 aromatic heterocycles. The lowest BCUT2D eigenvalue weighted by Gasteiger charge is -2.27. The third kappa shape index (κ3) is 2.39. The van der Waals surface area contributed by atoms with Crippen molar-refractivity contribution in [3.05, 3.63) is 34.9 Å². The fourth-order valence-corrected chi connectivity index (χ4v) is 2.77. The van der Waals surface area contributed by atoms with Gasteiger partial charge < -0.3 is 5.73 Å². The van der Waals surface area contributed by atoms with Crippen molar-refractivity contribution in [1.82, 2.24) is 10.2 Å². The molecule has 7 heteroatoms. The van der Waals surface area contributed by atoms with Crippen LogP contribution in [0.3, 0.4) is 0 Å². The maximum atomic E-state index is 12.7. The average molecular weight is 311 g/mol. The molecule has 4 amide bonds. The third-order valence-corrected chi connectivity index (χ3v) is 3.79. The Kier molecular flexibility index (Phi) is 3.68. The van der Waals surface area contributed by atoms with E-state index in [1.54, 1.807) is 12.1 Å². The summed E-state index contributed by atoms with van der Waals surface area (Å²) in [6.45, 7) is 0.128. The predicted molar refractivity (Wildman–Crippen MR) is 79.0 cm³/mol. The number of nitrogens with one attached hydrogen (secondary N) is 1. The number of fused-ring (bicyclic) bond motifs is 1. The molecule has 0 aliphatic carbocycles. The summed E-state index contributed by atoms with van der Waals surface area (Å²) >= 11 is 0. The van der Waals surface area contributed by atoms with E-state index in [0.717, 1.165) is 4.90 Å². The molecule has 1 saturated heterocycles. The Balaban J connectivity index is 2.01. The molecule has 2 heterocycles. The highest BCUT2D eigenvalue weighted by Crippen LogP contribution is 2.29. The van der Waals surface area contributed by atoms with Crippen LogP contribution in [0.2, 0.25) is 0 Å². The first-order chi connectivity index (χ1) is 11.0. The number of hydrogen-bond donors (Lipinski definition) is 2. The summed E-state index contributed by atoms with van der Waals surface area (Å²) in [7, 11) is 0. The second kappa shape index (κ2) is 5.66. The van der Waals surface area contributed by atoms with Gasteiger partial charge in [0.2, 0.25) is 11.8 Å². The van der Waals surface area contributed by atoms with Gasteiger partial charge in [-0.15, -0.1) is 0 Å². The Morgan fingerprint density at radius 1 is 1.22 bits per heavy atom. The lowest BCUT2D eigenvalue weighted by atomic mass is 10.0. The molecule has 2 aliphatic rings. The van der Waals surface area contributed by atoms with Gasteiger partial charge in [-0.1, -0.05) is 17.9 Å². The number of carbonyl (C=O) groups excluding carboxylic acids is 4. The molecule has 1 aromatic carbocycles. The Morgan fingerprint density at radius 2 is 2.00 bits per heavy atom. The Labute approximate surface area is 131 Å². The van der Waals surface area contributed by atoms with E-state index in [0.29, 0.717) is 5.56 Å². The third-order valence-electron chi connectivity index (χ3n) is 3.79. The normalized spacial score (nSPS) is 20.0. The van der Waals surface area contributed by atoms with E-state index in [2.05, 4.69) is 17.2 Å². The van der Waals surface area contributed by atoms with E-state index in [-0.39, 0.29) is 30.5 Å². The minimum atomic E-state index is -0.976. The van der Waals surface area contributed by atoms with Crippen LogP contribution >= 0.6 is 0 Å². The smallest absolute Gasteiger partial charge is 0.263 e.